The number of carbonyl (C=O) groups excluding carboxylic acids is 2. The number of hydrogen-bond donors (Lipinski definition) is 2. The summed E-state index contributed by atoms with van der Waals surface area (Å²) in [6, 6.07) is 10.2. The van der Waals surface area contributed by atoms with Crippen LogP contribution in [0.4, 0.5) is 0 Å². The number of piperidine rings is 1. The van der Waals surface area contributed by atoms with Gasteiger partial charge in [-0.25, -0.2) is 4.79 Å². The van der Waals surface area contributed by atoms with Gasteiger partial charge in [0.15, 0.2) is 11.5 Å². The summed E-state index contributed by atoms with van der Waals surface area (Å²) in [7, 11) is 3.49. The zero-order chi connectivity index (χ0) is 22.9. The Balaban J connectivity index is 1.38. The van der Waals surface area contributed by atoms with Gasteiger partial charge in [0, 0.05) is 28.5 Å². The Kier molecular flexibility index (Phi) is 4.36. The van der Waals surface area contributed by atoms with E-state index in [1.54, 1.807) is 24.3 Å². The lowest BCUT2D eigenvalue weighted by atomic mass is 9.53. The van der Waals surface area contributed by atoms with E-state index in [1.807, 2.05) is 12.1 Å². The number of likely N-dealkylation sites (N-methyl/N-ethyl adjacent to an activating group) is 1. The summed E-state index contributed by atoms with van der Waals surface area (Å²) in [6.45, 7) is 0.936. The van der Waals surface area contributed by atoms with Crippen LogP contribution in [0, 0.1) is 5.92 Å². The number of nitrogens with zero attached hydrogens (tertiary/aromatic N) is 1. The van der Waals surface area contributed by atoms with Gasteiger partial charge in [-0.05, 0) is 56.3 Å². The first kappa shape index (κ1) is 20.3. The molecule has 1 fully saturated rings. The summed E-state index contributed by atoms with van der Waals surface area (Å²) < 4.78 is 11.2. The average Bonchev–Trinajstić information content (AvgIpc) is 3.19. The molecular weight excluding hydrogens is 420 g/mol. The van der Waals surface area contributed by atoms with Crippen molar-refractivity contribution in [2.45, 2.75) is 36.4 Å². The standard InChI is InChI=1S/C26H26N2O5/c1-28-11-10-26-17-7-8-18(27-24(30)15-4-3-5-16(12-15)25(31)32-2)23(26)33-22-20(29)9-6-14(21(22)26)13-19(17)28/h3-9,12,17-19,23,29H,10-11,13H2,1-2H3,(H,27,30)/t17?,18-,19-,23+,26+/m1/s1. The van der Waals surface area contributed by atoms with E-state index in [1.165, 1.54) is 18.7 Å². The van der Waals surface area contributed by atoms with Gasteiger partial charge in [-0.3, -0.25) is 4.79 Å². The second-order valence-electron chi connectivity index (χ2n) is 9.51. The number of likely N-dealkylation sites (tertiary alicyclic amines) is 1. The minimum Gasteiger partial charge on any atom is -0.504 e. The van der Waals surface area contributed by atoms with E-state index in [4.69, 9.17) is 9.47 Å². The van der Waals surface area contributed by atoms with Crippen molar-refractivity contribution in [2.75, 3.05) is 20.7 Å². The molecule has 7 heteroatoms. The van der Waals surface area contributed by atoms with Crippen LogP contribution in [0.3, 0.4) is 0 Å². The van der Waals surface area contributed by atoms with Gasteiger partial charge in [0.25, 0.3) is 5.91 Å². The molecule has 170 valence electrons. The molecule has 2 N–H and O–H groups in total. The molecule has 1 unspecified atom stereocenters. The molecule has 1 amide bonds. The molecule has 2 aliphatic heterocycles. The fraction of sp³-hybridized carbons (Fsp3) is 0.385. The highest BCUT2D eigenvalue weighted by Gasteiger charge is 2.64. The first-order valence-corrected chi connectivity index (χ1v) is 11.3. The summed E-state index contributed by atoms with van der Waals surface area (Å²) in [6.07, 6.45) is 5.78. The van der Waals surface area contributed by atoms with Crippen LogP contribution in [0.15, 0.2) is 48.6 Å². The molecule has 2 heterocycles. The Labute approximate surface area is 192 Å². The highest BCUT2D eigenvalue weighted by atomic mass is 16.5. The van der Waals surface area contributed by atoms with Crippen LogP contribution in [0.25, 0.3) is 0 Å². The zero-order valence-corrected chi connectivity index (χ0v) is 18.6. The lowest BCUT2D eigenvalue weighted by molar-refractivity contribution is -0.00855. The summed E-state index contributed by atoms with van der Waals surface area (Å²) in [5.41, 5.74) is 2.78. The summed E-state index contributed by atoms with van der Waals surface area (Å²) >= 11 is 0. The number of hydrogen-bond acceptors (Lipinski definition) is 6. The lowest BCUT2D eigenvalue weighted by Gasteiger charge is -2.57. The van der Waals surface area contributed by atoms with Crippen molar-refractivity contribution in [1.82, 2.24) is 10.2 Å². The van der Waals surface area contributed by atoms with Crippen molar-refractivity contribution in [2.24, 2.45) is 5.92 Å². The number of rotatable bonds is 3. The molecule has 2 aromatic carbocycles. The smallest absolute Gasteiger partial charge is 0.337 e. The van der Waals surface area contributed by atoms with Crippen LogP contribution in [-0.4, -0.2) is 60.8 Å². The van der Waals surface area contributed by atoms with Crippen LogP contribution in [-0.2, 0) is 16.6 Å². The summed E-state index contributed by atoms with van der Waals surface area (Å²) in [4.78, 5) is 27.5. The van der Waals surface area contributed by atoms with Gasteiger partial charge in [-0.2, -0.15) is 0 Å². The molecule has 1 spiro atoms. The number of phenolic OH excluding ortho intramolecular Hbond substituents is 1. The van der Waals surface area contributed by atoms with Gasteiger partial charge < -0.3 is 24.8 Å². The molecular formula is C26H26N2O5. The van der Waals surface area contributed by atoms with E-state index in [-0.39, 0.29) is 35.1 Å². The van der Waals surface area contributed by atoms with Gasteiger partial charge in [0.1, 0.15) is 6.10 Å². The van der Waals surface area contributed by atoms with Crippen LogP contribution in [0.5, 0.6) is 11.5 Å². The normalized spacial score (nSPS) is 30.8. The predicted molar refractivity (Wildman–Crippen MR) is 121 cm³/mol. The lowest BCUT2D eigenvalue weighted by Crippen LogP contribution is -2.66. The number of carbonyl (C=O) groups is 2. The van der Waals surface area contributed by atoms with Crippen LogP contribution in [0.1, 0.15) is 38.3 Å². The molecule has 1 saturated heterocycles. The molecule has 4 aliphatic rings. The third-order valence-corrected chi connectivity index (χ3v) is 8.02. The van der Waals surface area contributed by atoms with Crippen molar-refractivity contribution in [1.29, 1.82) is 0 Å². The van der Waals surface area contributed by atoms with Gasteiger partial charge >= 0.3 is 5.97 Å². The quantitative estimate of drug-likeness (QED) is 0.556. The Bertz CT molecular complexity index is 1210. The molecule has 0 saturated carbocycles. The molecule has 0 radical (unpaired) electrons. The van der Waals surface area contributed by atoms with E-state index in [9.17, 15) is 14.7 Å². The fourth-order valence-electron chi connectivity index (χ4n) is 6.53. The highest BCUT2D eigenvalue weighted by molar-refractivity contribution is 5.98. The van der Waals surface area contributed by atoms with Gasteiger partial charge in [-0.15, -0.1) is 0 Å². The van der Waals surface area contributed by atoms with Crippen LogP contribution >= 0.6 is 0 Å². The number of benzene rings is 2. The van der Waals surface area contributed by atoms with E-state index in [0.29, 0.717) is 22.9 Å². The van der Waals surface area contributed by atoms with Gasteiger partial charge in [0.2, 0.25) is 0 Å². The number of methoxy groups -OCH3 is 1. The van der Waals surface area contributed by atoms with E-state index in [0.717, 1.165) is 24.9 Å². The topological polar surface area (TPSA) is 88.1 Å². The van der Waals surface area contributed by atoms with Gasteiger partial charge in [-0.1, -0.05) is 24.3 Å². The highest BCUT2D eigenvalue weighted by Crippen LogP contribution is 2.62. The third kappa shape index (κ3) is 2.72. The number of esters is 1. The Morgan fingerprint density at radius 3 is 2.85 bits per heavy atom. The predicted octanol–water partition coefficient (Wildman–Crippen LogP) is 2.42. The first-order valence-electron chi connectivity index (χ1n) is 11.3. The maximum absolute atomic E-state index is 13.2. The molecule has 2 aliphatic carbocycles. The van der Waals surface area contributed by atoms with Crippen molar-refractivity contribution in [3.63, 3.8) is 0 Å². The molecule has 5 atom stereocenters. The molecule has 6 rings (SSSR count). The molecule has 2 aromatic rings. The van der Waals surface area contributed by atoms with Crippen LogP contribution in [0.2, 0.25) is 0 Å². The maximum atomic E-state index is 13.2. The van der Waals surface area contributed by atoms with E-state index >= 15 is 0 Å². The Hall–Kier alpha value is -3.32. The van der Waals surface area contributed by atoms with E-state index < -0.39 is 5.97 Å². The Morgan fingerprint density at radius 2 is 2.03 bits per heavy atom. The summed E-state index contributed by atoms with van der Waals surface area (Å²) in [5.74, 6) is 0.217. The van der Waals surface area contributed by atoms with Crippen LogP contribution < -0.4 is 10.1 Å². The number of ether oxygens (including phenoxy) is 2. The number of nitrogens with one attached hydrogen (secondary N) is 1. The average molecular weight is 447 g/mol. The second kappa shape index (κ2) is 7.09. The molecule has 7 nitrogen and oxygen atoms in total. The SMILES string of the molecule is COC(=O)c1cccc(C(=O)N[C@@H]2C=CC3[C@H]4Cc5ccc(O)c6c5[C@@]3(CCN4C)[C@H]2O6)c1. The fourth-order valence-corrected chi connectivity index (χ4v) is 6.53. The summed E-state index contributed by atoms with van der Waals surface area (Å²) in [5, 5.41) is 13.7. The van der Waals surface area contributed by atoms with Crippen molar-refractivity contribution < 1.29 is 24.2 Å². The second-order valence-corrected chi connectivity index (χ2v) is 9.51. The van der Waals surface area contributed by atoms with Crippen molar-refractivity contribution in [3.05, 3.63) is 70.8 Å². The largest absolute Gasteiger partial charge is 0.504 e. The number of aromatic hydroxyl groups is 1. The van der Waals surface area contributed by atoms with Gasteiger partial charge in [0.05, 0.1) is 18.7 Å². The number of phenols is 1. The first-order chi connectivity index (χ1) is 15.9. The monoisotopic (exact) mass is 446 g/mol. The molecule has 0 aromatic heterocycles. The Morgan fingerprint density at radius 1 is 1.21 bits per heavy atom. The van der Waals surface area contributed by atoms with Crippen molar-refractivity contribution >= 4 is 11.9 Å². The number of amides is 1. The molecule has 2 bridgehead atoms. The minimum absolute atomic E-state index is 0.157. The van der Waals surface area contributed by atoms with Crippen molar-refractivity contribution in [3.8, 4) is 11.5 Å². The zero-order valence-electron chi connectivity index (χ0n) is 18.6. The maximum Gasteiger partial charge on any atom is 0.337 e. The third-order valence-electron chi connectivity index (χ3n) is 8.02. The molecule has 33 heavy (non-hydrogen) atoms. The minimum atomic E-state index is -0.485. The van der Waals surface area contributed by atoms with E-state index in [2.05, 4.69) is 23.3 Å².